The zero-order valence-electron chi connectivity index (χ0n) is 7.01. The molecule has 2 N–H and O–H groups in total. The van der Waals surface area contributed by atoms with Crippen LogP contribution in [0, 0.1) is 20.8 Å². The lowest BCUT2D eigenvalue weighted by Gasteiger charge is -2.03. The van der Waals surface area contributed by atoms with E-state index in [1.165, 1.54) is 0 Å². The van der Waals surface area contributed by atoms with Crippen LogP contribution < -0.4 is 5.73 Å². The molecule has 11 heavy (non-hydrogen) atoms. The molecule has 0 amide bonds. The fourth-order valence-corrected chi connectivity index (χ4v) is 1.03. The highest BCUT2D eigenvalue weighted by molar-refractivity contribution is 5.85. The van der Waals surface area contributed by atoms with Gasteiger partial charge in [0.2, 0.25) is 0 Å². The Morgan fingerprint density at radius 3 is 2.27 bits per heavy atom. The molecule has 0 spiro atoms. The third kappa shape index (κ3) is 2.09. The van der Waals surface area contributed by atoms with Gasteiger partial charge < -0.3 is 5.73 Å². The van der Waals surface area contributed by atoms with Gasteiger partial charge in [-0.1, -0.05) is 0 Å². The molecular formula is C8H13ClN2. The third-order valence-electron chi connectivity index (χ3n) is 1.58. The normalized spacial score (nSPS) is 9.00. The summed E-state index contributed by atoms with van der Waals surface area (Å²) in [4.78, 5) is 4.21. The number of aromatic nitrogens is 1. The van der Waals surface area contributed by atoms with Crippen molar-refractivity contribution in [1.82, 2.24) is 4.98 Å². The smallest absolute Gasteiger partial charge is 0.0607 e. The zero-order valence-corrected chi connectivity index (χ0v) is 7.83. The molecule has 0 unspecified atom stereocenters. The first-order valence-electron chi connectivity index (χ1n) is 3.31. The summed E-state index contributed by atoms with van der Waals surface area (Å²) in [6.45, 7) is 5.89. The molecule has 2 nitrogen and oxygen atoms in total. The Labute approximate surface area is 73.2 Å². The minimum atomic E-state index is 0. The predicted octanol–water partition coefficient (Wildman–Crippen LogP) is 2.01. The number of nitrogens with zero attached hydrogens (tertiary/aromatic N) is 1. The average Bonchev–Trinajstić information content (AvgIpc) is 1.82. The number of rotatable bonds is 0. The van der Waals surface area contributed by atoms with Gasteiger partial charge in [-0.15, -0.1) is 12.4 Å². The molecule has 0 aromatic carbocycles. The van der Waals surface area contributed by atoms with Crippen LogP contribution in [0.5, 0.6) is 0 Å². The number of hydrogen-bond donors (Lipinski definition) is 1. The molecule has 62 valence electrons. The standard InChI is InChI=1S/C8H12N2.ClH/c1-5-4-6(2)10-7(3)8(5)9;/h4H,9H2,1-3H3;1H. The van der Waals surface area contributed by atoms with E-state index in [0.29, 0.717) is 0 Å². The summed E-state index contributed by atoms with van der Waals surface area (Å²) in [6.07, 6.45) is 0. The van der Waals surface area contributed by atoms with Crippen LogP contribution in [-0.2, 0) is 0 Å². The third-order valence-corrected chi connectivity index (χ3v) is 1.58. The second-order valence-electron chi connectivity index (χ2n) is 2.58. The molecule has 0 aliphatic heterocycles. The predicted molar refractivity (Wildman–Crippen MR) is 50.1 cm³/mol. The van der Waals surface area contributed by atoms with Gasteiger partial charge >= 0.3 is 0 Å². The molecule has 1 heterocycles. The van der Waals surface area contributed by atoms with Crippen molar-refractivity contribution < 1.29 is 0 Å². The van der Waals surface area contributed by atoms with Crippen molar-refractivity contribution in [2.45, 2.75) is 20.8 Å². The van der Waals surface area contributed by atoms with Crippen LogP contribution in [0.15, 0.2) is 6.07 Å². The molecule has 0 atom stereocenters. The van der Waals surface area contributed by atoms with Gasteiger partial charge in [-0.3, -0.25) is 4.98 Å². The molecule has 1 aromatic heterocycles. The van der Waals surface area contributed by atoms with Crippen LogP contribution in [0.25, 0.3) is 0 Å². The summed E-state index contributed by atoms with van der Waals surface area (Å²) in [5.41, 5.74) is 9.57. The van der Waals surface area contributed by atoms with Crippen molar-refractivity contribution in [2.24, 2.45) is 0 Å². The minimum absolute atomic E-state index is 0. The maximum atomic E-state index is 5.69. The summed E-state index contributed by atoms with van der Waals surface area (Å²) in [7, 11) is 0. The maximum Gasteiger partial charge on any atom is 0.0607 e. The van der Waals surface area contributed by atoms with E-state index < -0.39 is 0 Å². The average molecular weight is 173 g/mol. The van der Waals surface area contributed by atoms with Gasteiger partial charge in [0.25, 0.3) is 0 Å². The monoisotopic (exact) mass is 172 g/mol. The number of nitrogens with two attached hydrogens (primary N) is 1. The van der Waals surface area contributed by atoms with E-state index in [0.717, 1.165) is 22.6 Å². The number of nitrogen functional groups attached to an aromatic ring is 1. The zero-order chi connectivity index (χ0) is 7.72. The number of anilines is 1. The number of halogens is 1. The van der Waals surface area contributed by atoms with E-state index >= 15 is 0 Å². The molecule has 0 saturated carbocycles. The van der Waals surface area contributed by atoms with E-state index in [1.807, 2.05) is 26.8 Å². The Kier molecular flexibility index (Phi) is 3.33. The molecule has 0 aliphatic carbocycles. The Bertz CT molecular complexity index is 235. The maximum absolute atomic E-state index is 5.69. The quantitative estimate of drug-likeness (QED) is 0.650. The van der Waals surface area contributed by atoms with Gasteiger partial charge in [0.15, 0.2) is 0 Å². The van der Waals surface area contributed by atoms with E-state index in [4.69, 9.17) is 5.73 Å². The van der Waals surface area contributed by atoms with Crippen molar-refractivity contribution in [3.63, 3.8) is 0 Å². The van der Waals surface area contributed by atoms with Crippen molar-refractivity contribution in [3.05, 3.63) is 23.0 Å². The van der Waals surface area contributed by atoms with Crippen LogP contribution in [0.3, 0.4) is 0 Å². The van der Waals surface area contributed by atoms with Crippen LogP contribution in [0.4, 0.5) is 5.69 Å². The SMILES string of the molecule is Cc1cc(C)c(N)c(C)n1.Cl. The van der Waals surface area contributed by atoms with Crippen LogP contribution >= 0.6 is 12.4 Å². The highest BCUT2D eigenvalue weighted by Gasteiger charge is 1.98. The Hall–Kier alpha value is -0.760. The highest BCUT2D eigenvalue weighted by atomic mass is 35.5. The highest BCUT2D eigenvalue weighted by Crippen LogP contribution is 2.13. The lowest BCUT2D eigenvalue weighted by Crippen LogP contribution is -1.97. The summed E-state index contributed by atoms with van der Waals surface area (Å²) in [5, 5.41) is 0. The van der Waals surface area contributed by atoms with E-state index in [2.05, 4.69) is 4.98 Å². The molecule has 1 rings (SSSR count). The number of pyridine rings is 1. The largest absolute Gasteiger partial charge is 0.397 e. The Balaban J connectivity index is 0.000001000. The van der Waals surface area contributed by atoms with Crippen molar-refractivity contribution in [2.75, 3.05) is 5.73 Å². The second-order valence-corrected chi connectivity index (χ2v) is 2.58. The van der Waals surface area contributed by atoms with Gasteiger partial charge in [0.05, 0.1) is 11.4 Å². The molecule has 0 saturated heterocycles. The van der Waals surface area contributed by atoms with Crippen LogP contribution in [0.2, 0.25) is 0 Å². The van der Waals surface area contributed by atoms with Gasteiger partial charge in [0.1, 0.15) is 0 Å². The second kappa shape index (κ2) is 3.58. The van der Waals surface area contributed by atoms with Gasteiger partial charge in [-0.05, 0) is 32.4 Å². The summed E-state index contributed by atoms with van der Waals surface area (Å²) in [6, 6.07) is 1.99. The molecule has 0 radical (unpaired) electrons. The van der Waals surface area contributed by atoms with Crippen molar-refractivity contribution in [3.8, 4) is 0 Å². The Morgan fingerprint density at radius 1 is 1.27 bits per heavy atom. The molecule has 0 aliphatic rings. The van der Waals surface area contributed by atoms with Crippen molar-refractivity contribution in [1.29, 1.82) is 0 Å². The lowest BCUT2D eigenvalue weighted by atomic mass is 10.2. The van der Waals surface area contributed by atoms with Gasteiger partial charge in [-0.25, -0.2) is 0 Å². The number of hydrogen-bond acceptors (Lipinski definition) is 2. The molecular weight excluding hydrogens is 160 g/mol. The fourth-order valence-electron chi connectivity index (χ4n) is 1.03. The first kappa shape index (κ1) is 10.2. The molecule has 3 heteroatoms. The first-order chi connectivity index (χ1) is 4.61. The van der Waals surface area contributed by atoms with Gasteiger partial charge in [0, 0.05) is 5.69 Å². The van der Waals surface area contributed by atoms with Crippen LogP contribution in [-0.4, -0.2) is 4.98 Å². The fraction of sp³-hybridized carbons (Fsp3) is 0.375. The molecule has 0 bridgehead atoms. The number of aryl methyl sites for hydroxylation is 3. The summed E-state index contributed by atoms with van der Waals surface area (Å²) >= 11 is 0. The summed E-state index contributed by atoms with van der Waals surface area (Å²) in [5.74, 6) is 0. The lowest BCUT2D eigenvalue weighted by molar-refractivity contribution is 1.11. The minimum Gasteiger partial charge on any atom is -0.397 e. The van der Waals surface area contributed by atoms with E-state index in [9.17, 15) is 0 Å². The van der Waals surface area contributed by atoms with Crippen LogP contribution in [0.1, 0.15) is 17.0 Å². The van der Waals surface area contributed by atoms with E-state index in [1.54, 1.807) is 0 Å². The topological polar surface area (TPSA) is 38.9 Å². The molecule has 1 aromatic rings. The molecule has 0 fully saturated rings. The van der Waals surface area contributed by atoms with Crippen molar-refractivity contribution >= 4 is 18.1 Å². The first-order valence-corrected chi connectivity index (χ1v) is 3.31. The van der Waals surface area contributed by atoms with E-state index in [-0.39, 0.29) is 12.4 Å². The van der Waals surface area contributed by atoms with Gasteiger partial charge in [-0.2, -0.15) is 0 Å². The summed E-state index contributed by atoms with van der Waals surface area (Å²) < 4.78 is 0. The Morgan fingerprint density at radius 2 is 1.82 bits per heavy atom.